The Bertz CT molecular complexity index is 1580. The molecule has 11 heteroatoms. The van der Waals surface area contributed by atoms with Gasteiger partial charge in [0.15, 0.2) is 11.5 Å². The van der Waals surface area contributed by atoms with E-state index >= 15 is 0 Å². The Balaban J connectivity index is 1.13. The minimum absolute atomic E-state index is 0.129. The summed E-state index contributed by atoms with van der Waals surface area (Å²) in [5.74, 6) is 1.40. The van der Waals surface area contributed by atoms with Gasteiger partial charge in [0.1, 0.15) is 6.04 Å². The second-order valence-corrected chi connectivity index (χ2v) is 11.0. The van der Waals surface area contributed by atoms with Gasteiger partial charge in [-0.3, -0.25) is 9.69 Å². The van der Waals surface area contributed by atoms with E-state index in [1.54, 1.807) is 18.2 Å². The number of benzene rings is 3. The van der Waals surface area contributed by atoms with Crippen molar-refractivity contribution in [2.45, 2.75) is 19.0 Å². The van der Waals surface area contributed by atoms with Crippen LogP contribution in [0.4, 0.5) is 10.5 Å². The van der Waals surface area contributed by atoms with Crippen LogP contribution >= 0.6 is 23.2 Å². The van der Waals surface area contributed by atoms with Crippen molar-refractivity contribution in [3.63, 3.8) is 0 Å². The standard InChI is InChI=1S/C30H29Cl2N5O4/c31-21-6-7-25(23(32)15-21)34-30(39)35-26(14-20-16-33-24-4-2-1-3-22(20)24)29(38)37-11-9-36(10-12-37)17-19-5-8-27-28(13-19)41-18-40-27/h1-8,13,15-16,26,33H,9-12,14,17-18H2,(H2,34,35,39). The lowest BCUT2D eigenvalue weighted by molar-refractivity contribution is -0.135. The molecule has 1 fully saturated rings. The Hall–Kier alpha value is -3.92. The minimum atomic E-state index is -0.777. The van der Waals surface area contributed by atoms with E-state index in [1.807, 2.05) is 53.6 Å². The van der Waals surface area contributed by atoms with Crippen molar-refractivity contribution in [3.05, 3.63) is 88.0 Å². The highest BCUT2D eigenvalue weighted by Crippen LogP contribution is 2.33. The minimum Gasteiger partial charge on any atom is -0.454 e. The number of nitrogens with one attached hydrogen (secondary N) is 3. The number of hydrogen-bond donors (Lipinski definition) is 3. The highest BCUT2D eigenvalue weighted by Gasteiger charge is 2.30. The molecule has 3 aromatic carbocycles. The third-order valence-corrected chi connectivity index (χ3v) is 7.96. The van der Waals surface area contributed by atoms with Gasteiger partial charge in [-0.2, -0.15) is 0 Å². The first-order valence-electron chi connectivity index (χ1n) is 13.4. The number of anilines is 1. The van der Waals surface area contributed by atoms with E-state index in [-0.39, 0.29) is 12.7 Å². The number of amides is 3. The summed E-state index contributed by atoms with van der Waals surface area (Å²) in [4.78, 5) is 34.3. The van der Waals surface area contributed by atoms with Gasteiger partial charge in [0.2, 0.25) is 12.7 Å². The number of para-hydroxylation sites is 1. The highest BCUT2D eigenvalue weighted by molar-refractivity contribution is 6.36. The molecule has 0 aliphatic carbocycles. The van der Waals surface area contributed by atoms with Crippen LogP contribution < -0.4 is 20.1 Å². The number of urea groups is 1. The van der Waals surface area contributed by atoms with Crippen LogP contribution in [0.1, 0.15) is 11.1 Å². The van der Waals surface area contributed by atoms with Crippen LogP contribution in [0.5, 0.6) is 11.5 Å². The zero-order valence-electron chi connectivity index (χ0n) is 22.2. The number of nitrogens with zero attached hydrogens (tertiary/aromatic N) is 2. The zero-order chi connectivity index (χ0) is 28.3. The Labute approximate surface area is 247 Å². The van der Waals surface area contributed by atoms with Crippen LogP contribution in [-0.4, -0.2) is 65.7 Å². The van der Waals surface area contributed by atoms with Gasteiger partial charge >= 0.3 is 6.03 Å². The number of fused-ring (bicyclic) bond motifs is 2. The summed E-state index contributed by atoms with van der Waals surface area (Å²) in [5, 5.41) is 7.43. The Morgan fingerprint density at radius 2 is 1.76 bits per heavy atom. The number of carbonyl (C=O) groups is 2. The lowest BCUT2D eigenvalue weighted by Crippen LogP contribution is -2.55. The van der Waals surface area contributed by atoms with Crippen LogP contribution in [0.25, 0.3) is 10.9 Å². The van der Waals surface area contributed by atoms with Gasteiger partial charge in [-0.05, 0) is 47.5 Å². The number of hydrogen-bond acceptors (Lipinski definition) is 5. The predicted molar refractivity (Wildman–Crippen MR) is 159 cm³/mol. The lowest BCUT2D eigenvalue weighted by Gasteiger charge is -2.36. The molecule has 9 nitrogen and oxygen atoms in total. The first-order chi connectivity index (χ1) is 19.9. The van der Waals surface area contributed by atoms with Gasteiger partial charge in [0, 0.05) is 61.3 Å². The summed E-state index contributed by atoms with van der Waals surface area (Å²) in [5.41, 5.74) is 3.46. The van der Waals surface area contributed by atoms with Crippen molar-refractivity contribution >= 4 is 51.7 Å². The van der Waals surface area contributed by atoms with Crippen molar-refractivity contribution in [1.82, 2.24) is 20.1 Å². The molecule has 212 valence electrons. The maximum Gasteiger partial charge on any atom is 0.319 e. The second-order valence-electron chi connectivity index (χ2n) is 10.1. The molecule has 0 radical (unpaired) electrons. The topological polar surface area (TPSA) is 98.9 Å². The summed E-state index contributed by atoms with van der Waals surface area (Å²) in [6, 6.07) is 17.4. The molecule has 3 N–H and O–H groups in total. The summed E-state index contributed by atoms with van der Waals surface area (Å²) in [6.07, 6.45) is 2.23. The fourth-order valence-corrected chi connectivity index (χ4v) is 5.73. The second kappa shape index (κ2) is 11.9. The molecular weight excluding hydrogens is 565 g/mol. The molecule has 41 heavy (non-hydrogen) atoms. The molecule has 2 aliphatic heterocycles. The first kappa shape index (κ1) is 27.3. The number of ether oxygens (including phenoxy) is 2. The summed E-state index contributed by atoms with van der Waals surface area (Å²) >= 11 is 12.2. The molecule has 0 bridgehead atoms. The molecule has 0 saturated carbocycles. The average Bonchev–Trinajstić information content (AvgIpc) is 3.61. The van der Waals surface area contributed by atoms with Gasteiger partial charge in [0.05, 0.1) is 10.7 Å². The molecule has 0 spiro atoms. The molecule has 3 heterocycles. The van der Waals surface area contributed by atoms with Crippen LogP contribution in [-0.2, 0) is 17.8 Å². The lowest BCUT2D eigenvalue weighted by atomic mass is 10.0. The predicted octanol–water partition coefficient (Wildman–Crippen LogP) is 5.28. The third-order valence-electron chi connectivity index (χ3n) is 7.41. The third kappa shape index (κ3) is 6.22. The molecular formula is C30H29Cl2N5O4. The fraction of sp³-hybridized carbons (Fsp3) is 0.267. The normalized spacial score (nSPS) is 15.6. The summed E-state index contributed by atoms with van der Waals surface area (Å²) < 4.78 is 10.9. The molecule has 1 atom stereocenters. The molecule has 6 rings (SSSR count). The van der Waals surface area contributed by atoms with E-state index in [0.717, 1.165) is 40.1 Å². The van der Waals surface area contributed by atoms with E-state index in [4.69, 9.17) is 32.7 Å². The molecule has 3 amide bonds. The Morgan fingerprint density at radius 3 is 2.59 bits per heavy atom. The van der Waals surface area contributed by atoms with Gasteiger partial charge in [-0.1, -0.05) is 47.5 Å². The van der Waals surface area contributed by atoms with Crippen LogP contribution in [0.2, 0.25) is 10.0 Å². The zero-order valence-corrected chi connectivity index (χ0v) is 23.7. The number of carbonyl (C=O) groups excluding carboxylic acids is 2. The number of piperazine rings is 1. The van der Waals surface area contributed by atoms with Crippen molar-refractivity contribution in [3.8, 4) is 11.5 Å². The van der Waals surface area contributed by atoms with Gasteiger partial charge in [-0.15, -0.1) is 0 Å². The number of aromatic amines is 1. The van der Waals surface area contributed by atoms with Crippen molar-refractivity contribution < 1.29 is 19.1 Å². The molecule has 1 aromatic heterocycles. The van der Waals surface area contributed by atoms with Crippen molar-refractivity contribution in [1.29, 1.82) is 0 Å². The van der Waals surface area contributed by atoms with Gasteiger partial charge in [0.25, 0.3) is 0 Å². The van der Waals surface area contributed by atoms with E-state index in [1.165, 1.54) is 0 Å². The van der Waals surface area contributed by atoms with E-state index in [2.05, 4.69) is 20.5 Å². The SMILES string of the molecule is O=C(Nc1ccc(Cl)cc1Cl)NC(Cc1c[nH]c2ccccc12)C(=O)N1CCN(Cc2ccc3c(c2)OCO3)CC1. The number of rotatable bonds is 7. The molecule has 1 unspecified atom stereocenters. The van der Waals surface area contributed by atoms with E-state index in [0.29, 0.717) is 48.3 Å². The number of H-pyrrole nitrogens is 1. The van der Waals surface area contributed by atoms with Crippen molar-refractivity contribution in [2.75, 3.05) is 38.3 Å². The van der Waals surface area contributed by atoms with Crippen LogP contribution in [0.15, 0.2) is 66.9 Å². The largest absolute Gasteiger partial charge is 0.454 e. The van der Waals surface area contributed by atoms with Gasteiger partial charge < -0.3 is 30.0 Å². The van der Waals surface area contributed by atoms with E-state index in [9.17, 15) is 9.59 Å². The Kier molecular flexibility index (Phi) is 7.91. The van der Waals surface area contributed by atoms with Gasteiger partial charge in [-0.25, -0.2) is 4.79 Å². The van der Waals surface area contributed by atoms with E-state index < -0.39 is 12.1 Å². The monoisotopic (exact) mass is 593 g/mol. The molecule has 2 aliphatic rings. The number of halogens is 2. The van der Waals surface area contributed by atoms with Crippen LogP contribution in [0.3, 0.4) is 0 Å². The molecule has 4 aromatic rings. The Morgan fingerprint density at radius 1 is 0.951 bits per heavy atom. The van der Waals surface area contributed by atoms with Crippen molar-refractivity contribution in [2.24, 2.45) is 0 Å². The maximum absolute atomic E-state index is 13.8. The number of aromatic nitrogens is 1. The quantitative estimate of drug-likeness (QED) is 0.271. The smallest absolute Gasteiger partial charge is 0.319 e. The molecule has 1 saturated heterocycles. The fourth-order valence-electron chi connectivity index (χ4n) is 5.27. The average molecular weight is 594 g/mol. The highest BCUT2D eigenvalue weighted by atomic mass is 35.5. The summed E-state index contributed by atoms with van der Waals surface area (Å²) in [6.45, 7) is 3.54. The van der Waals surface area contributed by atoms with Crippen LogP contribution in [0, 0.1) is 0 Å². The summed E-state index contributed by atoms with van der Waals surface area (Å²) in [7, 11) is 0. The first-order valence-corrected chi connectivity index (χ1v) is 14.2. The maximum atomic E-state index is 13.8.